The Kier molecular flexibility index (Phi) is 7.40. The molecule has 0 aliphatic carbocycles. The summed E-state index contributed by atoms with van der Waals surface area (Å²) in [6.45, 7) is 7.96. The fourth-order valence-corrected chi connectivity index (χ4v) is 1.95. The molecule has 4 heteroatoms. The molecule has 0 radical (unpaired) electrons. The van der Waals surface area contributed by atoms with Crippen molar-refractivity contribution in [3.63, 3.8) is 0 Å². The minimum atomic E-state index is 0.188. The molecule has 0 aliphatic rings. The number of hydrogen-bond acceptors (Lipinski definition) is 4. The van der Waals surface area contributed by atoms with E-state index in [1.807, 2.05) is 25.1 Å². The number of ether oxygens (including phenoxy) is 1. The van der Waals surface area contributed by atoms with Gasteiger partial charge in [-0.05, 0) is 42.8 Å². The van der Waals surface area contributed by atoms with E-state index in [1.54, 1.807) is 12.2 Å². The third-order valence-corrected chi connectivity index (χ3v) is 3.15. The second kappa shape index (κ2) is 9.30. The first-order valence-electron chi connectivity index (χ1n) is 7.52. The molecule has 1 aromatic rings. The summed E-state index contributed by atoms with van der Waals surface area (Å²) >= 11 is 0. The van der Waals surface area contributed by atoms with Crippen molar-refractivity contribution in [2.45, 2.75) is 26.7 Å². The molecule has 0 atom stereocenters. The van der Waals surface area contributed by atoms with Gasteiger partial charge >= 0.3 is 0 Å². The van der Waals surface area contributed by atoms with E-state index < -0.39 is 0 Å². The molecule has 0 saturated heterocycles. The topological polar surface area (TPSA) is 85.1 Å². The molecular formula is C19H25N3O. The summed E-state index contributed by atoms with van der Waals surface area (Å²) in [5.74, 6) is 0.855. The van der Waals surface area contributed by atoms with Gasteiger partial charge in [-0.15, -0.1) is 0 Å². The van der Waals surface area contributed by atoms with Crippen LogP contribution in [0.5, 0.6) is 5.75 Å². The Labute approximate surface area is 138 Å². The Morgan fingerprint density at radius 3 is 2.70 bits per heavy atom. The van der Waals surface area contributed by atoms with Crippen molar-refractivity contribution in [2.24, 2.45) is 11.5 Å². The first-order chi connectivity index (χ1) is 11.0. The van der Waals surface area contributed by atoms with Crippen LogP contribution >= 0.6 is 0 Å². The smallest absolute Gasteiger partial charge is 0.192 e. The van der Waals surface area contributed by atoms with Crippen LogP contribution in [0.3, 0.4) is 0 Å². The summed E-state index contributed by atoms with van der Waals surface area (Å²) in [4.78, 5) is 0. The summed E-state index contributed by atoms with van der Waals surface area (Å²) in [5.41, 5.74) is 14.5. The summed E-state index contributed by atoms with van der Waals surface area (Å²) in [6.07, 6.45) is 9.62. The molecule has 1 rings (SSSR count). The van der Waals surface area contributed by atoms with Crippen LogP contribution in [0, 0.1) is 5.41 Å². The molecule has 0 heterocycles. The van der Waals surface area contributed by atoms with E-state index in [0.717, 1.165) is 23.1 Å². The lowest BCUT2D eigenvalue weighted by molar-refractivity contribution is 0.419. The van der Waals surface area contributed by atoms with Gasteiger partial charge in [-0.2, -0.15) is 0 Å². The summed E-state index contributed by atoms with van der Waals surface area (Å²) in [5, 5.41) is 7.88. The Bertz CT molecular complexity index is 655. The van der Waals surface area contributed by atoms with Crippen molar-refractivity contribution in [3.8, 4) is 5.75 Å². The molecule has 0 bridgehead atoms. The number of aryl methyl sites for hydroxylation is 1. The highest BCUT2D eigenvalue weighted by Gasteiger charge is 2.07. The van der Waals surface area contributed by atoms with Crippen molar-refractivity contribution in [1.82, 2.24) is 0 Å². The highest BCUT2D eigenvalue weighted by molar-refractivity contribution is 5.93. The van der Waals surface area contributed by atoms with Crippen molar-refractivity contribution in [2.75, 3.05) is 0 Å². The van der Waals surface area contributed by atoms with Gasteiger partial charge in [0.2, 0.25) is 0 Å². The van der Waals surface area contributed by atoms with Gasteiger partial charge in [0.15, 0.2) is 5.88 Å². The number of nitrogens with two attached hydrogens (primary N) is 2. The molecular weight excluding hydrogens is 286 g/mol. The molecule has 0 aromatic heterocycles. The van der Waals surface area contributed by atoms with E-state index >= 15 is 0 Å². The fourth-order valence-electron chi connectivity index (χ4n) is 1.95. The lowest BCUT2D eigenvalue weighted by atomic mass is 10.0. The number of nitrogens with one attached hydrogen (secondary N) is 1. The van der Waals surface area contributed by atoms with Crippen LogP contribution in [-0.4, -0.2) is 5.71 Å². The highest BCUT2D eigenvalue weighted by atomic mass is 16.5. The molecule has 4 nitrogen and oxygen atoms in total. The Balaban J connectivity index is 2.86. The molecule has 0 amide bonds. The first-order valence-corrected chi connectivity index (χ1v) is 7.52. The second-order valence-electron chi connectivity index (χ2n) is 5.16. The molecule has 23 heavy (non-hydrogen) atoms. The van der Waals surface area contributed by atoms with Crippen LogP contribution in [-0.2, 0) is 6.42 Å². The Hall–Kier alpha value is -2.75. The SMILES string of the molecule is C=C(C)c1ccc(CC)cc1O/C(N)=C/C(=N)C/C=C\C=C/N. The Morgan fingerprint density at radius 2 is 2.09 bits per heavy atom. The van der Waals surface area contributed by atoms with Crippen LogP contribution in [0.2, 0.25) is 0 Å². The zero-order valence-electron chi connectivity index (χ0n) is 13.8. The maximum absolute atomic E-state index is 7.88. The van der Waals surface area contributed by atoms with Gasteiger partial charge in [-0.25, -0.2) is 0 Å². The van der Waals surface area contributed by atoms with Gasteiger partial charge in [0, 0.05) is 23.8 Å². The van der Waals surface area contributed by atoms with E-state index in [2.05, 4.69) is 19.6 Å². The third-order valence-electron chi connectivity index (χ3n) is 3.15. The predicted molar refractivity (Wildman–Crippen MR) is 98.2 cm³/mol. The minimum Gasteiger partial charge on any atom is -0.441 e. The van der Waals surface area contributed by atoms with E-state index in [4.69, 9.17) is 21.6 Å². The molecule has 0 spiro atoms. The lowest BCUT2D eigenvalue weighted by Gasteiger charge is -2.12. The zero-order chi connectivity index (χ0) is 17.2. The van der Waals surface area contributed by atoms with Gasteiger partial charge < -0.3 is 21.6 Å². The average Bonchev–Trinajstić information content (AvgIpc) is 2.51. The van der Waals surface area contributed by atoms with Crippen molar-refractivity contribution < 1.29 is 4.74 Å². The van der Waals surface area contributed by atoms with Crippen LogP contribution < -0.4 is 16.2 Å². The van der Waals surface area contributed by atoms with Gasteiger partial charge in [0.1, 0.15) is 5.75 Å². The van der Waals surface area contributed by atoms with Crippen molar-refractivity contribution in [1.29, 1.82) is 5.41 Å². The third kappa shape index (κ3) is 6.26. The van der Waals surface area contributed by atoms with E-state index in [1.165, 1.54) is 12.3 Å². The number of rotatable bonds is 8. The first kappa shape index (κ1) is 18.3. The van der Waals surface area contributed by atoms with Crippen LogP contribution in [0.4, 0.5) is 0 Å². The number of hydrogen-bond donors (Lipinski definition) is 3. The number of benzene rings is 1. The quantitative estimate of drug-likeness (QED) is 0.387. The molecule has 0 aliphatic heterocycles. The molecule has 0 unspecified atom stereocenters. The normalized spacial score (nSPS) is 12.0. The summed E-state index contributed by atoms with van der Waals surface area (Å²) in [7, 11) is 0. The standard InChI is InChI=1S/C19H25N3O/c1-4-15-9-10-17(14(2)3)18(12-15)23-19(22)13-16(21)8-6-5-7-11-20/h5-7,9-13,21H,2,4,8,20,22H2,1,3H3/b6-5-,11-7-,19-13+,21-16?. The van der Waals surface area contributed by atoms with Gasteiger partial charge in [-0.1, -0.05) is 37.8 Å². The molecule has 5 N–H and O–H groups in total. The van der Waals surface area contributed by atoms with E-state index in [9.17, 15) is 0 Å². The van der Waals surface area contributed by atoms with Gasteiger partial charge in [0.05, 0.1) is 0 Å². The van der Waals surface area contributed by atoms with E-state index in [0.29, 0.717) is 17.9 Å². The zero-order valence-corrected chi connectivity index (χ0v) is 13.8. The summed E-state index contributed by atoms with van der Waals surface area (Å²) in [6, 6.07) is 5.99. The average molecular weight is 311 g/mol. The van der Waals surface area contributed by atoms with Crippen LogP contribution in [0.1, 0.15) is 31.4 Å². The van der Waals surface area contributed by atoms with Crippen LogP contribution in [0.15, 0.2) is 61.2 Å². The van der Waals surface area contributed by atoms with Crippen molar-refractivity contribution in [3.05, 3.63) is 72.3 Å². The molecule has 122 valence electrons. The van der Waals surface area contributed by atoms with Crippen LogP contribution in [0.25, 0.3) is 5.57 Å². The van der Waals surface area contributed by atoms with Gasteiger partial charge in [0.25, 0.3) is 0 Å². The molecule has 0 fully saturated rings. The fraction of sp³-hybridized carbons (Fsp3) is 0.211. The van der Waals surface area contributed by atoms with Gasteiger partial charge in [-0.3, -0.25) is 0 Å². The molecule has 1 aromatic carbocycles. The van der Waals surface area contributed by atoms with E-state index in [-0.39, 0.29) is 5.88 Å². The Morgan fingerprint density at radius 1 is 1.35 bits per heavy atom. The largest absolute Gasteiger partial charge is 0.441 e. The highest BCUT2D eigenvalue weighted by Crippen LogP contribution is 2.27. The lowest BCUT2D eigenvalue weighted by Crippen LogP contribution is -2.09. The molecule has 0 saturated carbocycles. The second-order valence-corrected chi connectivity index (χ2v) is 5.16. The maximum atomic E-state index is 7.88. The maximum Gasteiger partial charge on any atom is 0.192 e. The summed E-state index contributed by atoms with van der Waals surface area (Å²) < 4.78 is 5.73. The minimum absolute atomic E-state index is 0.188. The number of allylic oxidation sites excluding steroid dienone is 5. The van der Waals surface area contributed by atoms with Crippen molar-refractivity contribution >= 4 is 11.3 Å². The monoisotopic (exact) mass is 311 g/mol. The predicted octanol–water partition coefficient (Wildman–Crippen LogP) is 3.90.